The van der Waals surface area contributed by atoms with E-state index in [9.17, 15) is 4.79 Å². The van der Waals surface area contributed by atoms with E-state index in [-0.39, 0.29) is 12.6 Å². The summed E-state index contributed by atoms with van der Waals surface area (Å²) in [5, 5.41) is 12.4. The Labute approximate surface area is 122 Å². The molecule has 0 aromatic heterocycles. The number of carbonyl (C=O) groups excluding carboxylic acids is 1. The summed E-state index contributed by atoms with van der Waals surface area (Å²) in [5.41, 5.74) is 0. The molecule has 1 rings (SSSR count). The number of esters is 1. The van der Waals surface area contributed by atoms with Crippen LogP contribution in [0.4, 0.5) is 0 Å². The maximum Gasteiger partial charge on any atom is 0.305 e. The minimum atomic E-state index is -0.114. The van der Waals surface area contributed by atoms with Crippen molar-refractivity contribution in [2.75, 3.05) is 33.4 Å². The molecule has 0 aromatic rings. The van der Waals surface area contributed by atoms with Gasteiger partial charge in [-0.2, -0.15) is 0 Å². The predicted molar refractivity (Wildman–Crippen MR) is 79.6 cm³/mol. The van der Waals surface area contributed by atoms with E-state index in [1.54, 1.807) is 0 Å². The highest BCUT2D eigenvalue weighted by molar-refractivity contribution is 5.69. The first-order chi connectivity index (χ1) is 9.56. The second-order valence-corrected chi connectivity index (χ2v) is 5.99. The molecule has 20 heavy (non-hydrogen) atoms. The molecule has 0 amide bonds. The van der Waals surface area contributed by atoms with Gasteiger partial charge in [0.1, 0.15) is 0 Å². The summed E-state index contributed by atoms with van der Waals surface area (Å²) >= 11 is 0. The van der Waals surface area contributed by atoms with Crippen LogP contribution in [0.25, 0.3) is 0 Å². The van der Waals surface area contributed by atoms with Crippen LogP contribution in [0, 0.1) is 5.92 Å². The summed E-state index contributed by atoms with van der Waals surface area (Å²) in [4.78, 5) is 13.8. The van der Waals surface area contributed by atoms with E-state index in [1.165, 1.54) is 7.11 Å². The number of hydrogen-bond donors (Lipinski definition) is 2. The number of likely N-dealkylation sites (tertiary alicyclic amines) is 1. The molecule has 5 heteroatoms. The minimum Gasteiger partial charge on any atom is -0.469 e. The number of ether oxygens (including phenoxy) is 1. The van der Waals surface area contributed by atoms with Crippen molar-refractivity contribution < 1.29 is 14.6 Å². The molecule has 0 spiro atoms. The molecule has 1 fully saturated rings. The number of piperidine rings is 1. The quantitative estimate of drug-likeness (QED) is 0.515. The number of rotatable bonds is 8. The predicted octanol–water partition coefficient (Wildman–Crippen LogP) is 1.01. The van der Waals surface area contributed by atoms with Crippen LogP contribution >= 0.6 is 0 Å². The van der Waals surface area contributed by atoms with E-state index in [1.807, 2.05) is 0 Å². The molecule has 1 aliphatic heterocycles. The largest absolute Gasteiger partial charge is 0.469 e. The van der Waals surface area contributed by atoms with E-state index in [2.05, 4.69) is 24.1 Å². The first-order valence-electron chi connectivity index (χ1n) is 7.72. The summed E-state index contributed by atoms with van der Waals surface area (Å²) in [5.74, 6) is 0.424. The van der Waals surface area contributed by atoms with Crippen LogP contribution < -0.4 is 5.32 Å². The monoisotopic (exact) mass is 286 g/mol. The Morgan fingerprint density at radius 2 is 2.20 bits per heavy atom. The second kappa shape index (κ2) is 9.32. The van der Waals surface area contributed by atoms with Gasteiger partial charge < -0.3 is 15.2 Å². The Kier molecular flexibility index (Phi) is 8.11. The van der Waals surface area contributed by atoms with Crippen LogP contribution in [0.5, 0.6) is 0 Å². The molecule has 2 atom stereocenters. The number of aliphatic hydroxyl groups excluding tert-OH is 1. The SMILES string of the molecule is COC(=O)CCC1CC(NCCCO)CN(C(C)C)C1. The topological polar surface area (TPSA) is 61.8 Å². The van der Waals surface area contributed by atoms with Gasteiger partial charge in [-0.15, -0.1) is 0 Å². The average Bonchev–Trinajstić information content (AvgIpc) is 2.44. The zero-order valence-electron chi connectivity index (χ0n) is 13.1. The van der Waals surface area contributed by atoms with Gasteiger partial charge in [-0.3, -0.25) is 9.69 Å². The van der Waals surface area contributed by atoms with Gasteiger partial charge in [0.2, 0.25) is 0 Å². The molecule has 1 aliphatic rings. The fourth-order valence-corrected chi connectivity index (χ4v) is 2.83. The van der Waals surface area contributed by atoms with Crippen molar-refractivity contribution in [1.29, 1.82) is 0 Å². The van der Waals surface area contributed by atoms with Gasteiger partial charge in [0.15, 0.2) is 0 Å². The lowest BCUT2D eigenvalue weighted by Crippen LogP contribution is -2.51. The summed E-state index contributed by atoms with van der Waals surface area (Å²) in [7, 11) is 1.45. The molecule has 1 saturated heterocycles. The minimum absolute atomic E-state index is 0.114. The fourth-order valence-electron chi connectivity index (χ4n) is 2.83. The zero-order chi connectivity index (χ0) is 15.0. The Hall–Kier alpha value is -0.650. The maximum absolute atomic E-state index is 11.3. The van der Waals surface area contributed by atoms with Crippen LogP contribution in [-0.2, 0) is 9.53 Å². The van der Waals surface area contributed by atoms with Crippen molar-refractivity contribution in [3.8, 4) is 0 Å². The van der Waals surface area contributed by atoms with Gasteiger partial charge in [-0.05, 0) is 45.6 Å². The van der Waals surface area contributed by atoms with Crippen LogP contribution in [0.1, 0.15) is 39.5 Å². The molecular formula is C15H30N2O3. The van der Waals surface area contributed by atoms with Crippen molar-refractivity contribution in [3.05, 3.63) is 0 Å². The number of methoxy groups -OCH3 is 1. The molecule has 118 valence electrons. The Morgan fingerprint density at radius 1 is 1.45 bits per heavy atom. The number of nitrogens with zero attached hydrogens (tertiary/aromatic N) is 1. The third kappa shape index (κ3) is 6.20. The average molecular weight is 286 g/mol. The normalized spacial score (nSPS) is 24.1. The molecule has 0 saturated carbocycles. The number of aliphatic hydroxyl groups is 1. The van der Waals surface area contributed by atoms with Gasteiger partial charge in [0.05, 0.1) is 7.11 Å². The van der Waals surface area contributed by atoms with Gasteiger partial charge in [-0.25, -0.2) is 0 Å². The zero-order valence-corrected chi connectivity index (χ0v) is 13.1. The van der Waals surface area contributed by atoms with Gasteiger partial charge in [0.25, 0.3) is 0 Å². The number of nitrogens with one attached hydrogen (secondary N) is 1. The lowest BCUT2D eigenvalue weighted by Gasteiger charge is -2.40. The van der Waals surface area contributed by atoms with Crippen molar-refractivity contribution in [1.82, 2.24) is 10.2 Å². The lowest BCUT2D eigenvalue weighted by atomic mass is 9.89. The molecule has 0 radical (unpaired) electrons. The van der Waals surface area contributed by atoms with Crippen LogP contribution in [0.2, 0.25) is 0 Å². The smallest absolute Gasteiger partial charge is 0.305 e. The summed E-state index contributed by atoms with van der Waals surface area (Å²) in [6, 6.07) is 0.985. The van der Waals surface area contributed by atoms with Gasteiger partial charge in [-0.1, -0.05) is 0 Å². The second-order valence-electron chi connectivity index (χ2n) is 5.99. The molecule has 2 N–H and O–H groups in total. The lowest BCUT2D eigenvalue weighted by molar-refractivity contribution is -0.141. The maximum atomic E-state index is 11.3. The van der Waals surface area contributed by atoms with Crippen molar-refractivity contribution in [3.63, 3.8) is 0 Å². The van der Waals surface area contributed by atoms with E-state index < -0.39 is 0 Å². The van der Waals surface area contributed by atoms with Crippen molar-refractivity contribution in [2.45, 2.75) is 51.6 Å². The molecule has 0 aromatic carbocycles. The highest BCUT2D eigenvalue weighted by Gasteiger charge is 2.28. The standard InChI is InChI=1S/C15H30N2O3/c1-12(2)17-10-13(5-6-15(19)20-3)9-14(11-17)16-7-4-8-18/h12-14,16,18H,4-11H2,1-3H3. The van der Waals surface area contributed by atoms with E-state index in [0.717, 1.165) is 38.9 Å². The van der Waals surface area contributed by atoms with Crippen LogP contribution in [-0.4, -0.2) is 61.4 Å². The fraction of sp³-hybridized carbons (Fsp3) is 0.933. The van der Waals surface area contributed by atoms with E-state index in [4.69, 9.17) is 9.84 Å². The Bertz CT molecular complexity index is 284. The third-order valence-corrected chi connectivity index (χ3v) is 4.05. The van der Waals surface area contributed by atoms with Crippen molar-refractivity contribution in [2.24, 2.45) is 5.92 Å². The molecule has 0 bridgehead atoms. The molecular weight excluding hydrogens is 256 g/mol. The van der Waals surface area contributed by atoms with Gasteiger partial charge >= 0.3 is 5.97 Å². The van der Waals surface area contributed by atoms with E-state index in [0.29, 0.717) is 24.4 Å². The first kappa shape index (κ1) is 17.4. The van der Waals surface area contributed by atoms with Crippen LogP contribution in [0.3, 0.4) is 0 Å². The van der Waals surface area contributed by atoms with Gasteiger partial charge in [0, 0.05) is 38.2 Å². The first-order valence-corrected chi connectivity index (χ1v) is 7.72. The number of carbonyl (C=O) groups is 1. The molecule has 0 aliphatic carbocycles. The summed E-state index contributed by atoms with van der Waals surface area (Å²) in [6.45, 7) is 7.64. The van der Waals surface area contributed by atoms with Crippen LogP contribution in [0.15, 0.2) is 0 Å². The Balaban J connectivity index is 2.45. The third-order valence-electron chi connectivity index (χ3n) is 4.05. The van der Waals surface area contributed by atoms with E-state index >= 15 is 0 Å². The molecule has 5 nitrogen and oxygen atoms in total. The van der Waals surface area contributed by atoms with Crippen molar-refractivity contribution >= 4 is 5.97 Å². The summed E-state index contributed by atoms with van der Waals surface area (Å²) in [6.07, 6.45) is 3.31. The molecule has 2 unspecified atom stereocenters. The number of hydrogen-bond acceptors (Lipinski definition) is 5. The summed E-state index contributed by atoms with van der Waals surface area (Å²) < 4.78 is 4.73. The highest BCUT2D eigenvalue weighted by Crippen LogP contribution is 2.23. The Morgan fingerprint density at radius 3 is 2.80 bits per heavy atom. The highest BCUT2D eigenvalue weighted by atomic mass is 16.5. The molecule has 1 heterocycles.